The van der Waals surface area contributed by atoms with Crippen LogP contribution in [0.1, 0.15) is 16.2 Å². The van der Waals surface area contributed by atoms with Crippen LogP contribution in [0.3, 0.4) is 0 Å². The molecule has 3 aromatic rings. The largest absolute Gasteiger partial charge is 0.321 e. The van der Waals surface area contributed by atoms with Gasteiger partial charge in [-0.25, -0.2) is 4.68 Å². The molecule has 1 amide bonds. The number of carbonyl (C=O) groups is 1. The lowest BCUT2D eigenvalue weighted by Gasteiger charge is -2.06. The van der Waals surface area contributed by atoms with Crippen molar-refractivity contribution in [2.75, 3.05) is 11.6 Å². The Hall–Kier alpha value is -3.20. The van der Waals surface area contributed by atoms with Gasteiger partial charge in [-0.3, -0.25) is 14.9 Å². The fraction of sp³-hybridized carbons (Fsp3) is 0.118. The molecule has 2 aromatic carbocycles. The summed E-state index contributed by atoms with van der Waals surface area (Å²) in [5.41, 5.74) is 1.70. The van der Waals surface area contributed by atoms with Gasteiger partial charge in [-0.1, -0.05) is 11.3 Å². The average Bonchev–Trinajstić information content (AvgIpc) is 3.04. The second-order valence-corrected chi connectivity index (χ2v) is 6.27. The van der Waals surface area contributed by atoms with E-state index in [1.165, 1.54) is 16.8 Å². The van der Waals surface area contributed by atoms with Gasteiger partial charge in [-0.15, -0.1) is 16.9 Å². The maximum atomic E-state index is 12.5. The first-order valence-electron chi connectivity index (χ1n) is 7.62. The van der Waals surface area contributed by atoms with Gasteiger partial charge in [0.2, 0.25) is 0 Å². The Balaban J connectivity index is 1.85. The summed E-state index contributed by atoms with van der Waals surface area (Å²) in [6.45, 7) is 1.69. The molecule has 0 aliphatic heterocycles. The molecule has 1 aromatic heterocycles. The number of nitro groups is 1. The van der Waals surface area contributed by atoms with Crippen LogP contribution in [0.2, 0.25) is 0 Å². The fourth-order valence-electron chi connectivity index (χ4n) is 2.39. The Labute approximate surface area is 153 Å². The fourth-order valence-corrected chi connectivity index (χ4v) is 2.80. The highest BCUT2D eigenvalue weighted by Gasteiger charge is 2.18. The first-order chi connectivity index (χ1) is 12.5. The number of non-ortho nitro benzene ring substituents is 1. The first-order valence-corrected chi connectivity index (χ1v) is 8.84. The third-order valence-corrected chi connectivity index (χ3v) is 4.49. The molecule has 0 atom stereocenters. The van der Waals surface area contributed by atoms with Crippen LogP contribution in [0.25, 0.3) is 5.69 Å². The molecule has 26 heavy (non-hydrogen) atoms. The Morgan fingerprint density at radius 2 is 1.96 bits per heavy atom. The number of aromatic nitrogens is 3. The van der Waals surface area contributed by atoms with Gasteiger partial charge in [0.25, 0.3) is 11.6 Å². The van der Waals surface area contributed by atoms with Crippen molar-refractivity contribution in [2.45, 2.75) is 11.8 Å². The van der Waals surface area contributed by atoms with Crippen molar-refractivity contribution in [1.29, 1.82) is 0 Å². The number of rotatable bonds is 5. The van der Waals surface area contributed by atoms with E-state index in [0.29, 0.717) is 17.1 Å². The minimum atomic E-state index is -0.484. The zero-order valence-corrected chi connectivity index (χ0v) is 14.9. The summed E-state index contributed by atoms with van der Waals surface area (Å²) in [4.78, 5) is 24.0. The molecule has 0 saturated heterocycles. The summed E-state index contributed by atoms with van der Waals surface area (Å²) in [6.07, 6.45) is 1.98. The first kappa shape index (κ1) is 17.6. The molecule has 1 heterocycles. The number of carbonyl (C=O) groups excluding carboxylic acids is 1. The summed E-state index contributed by atoms with van der Waals surface area (Å²) in [5.74, 6) is -0.393. The van der Waals surface area contributed by atoms with Crippen LogP contribution in [0.4, 0.5) is 11.4 Å². The number of nitro benzene ring substituents is 1. The minimum Gasteiger partial charge on any atom is -0.321 e. The lowest BCUT2D eigenvalue weighted by molar-refractivity contribution is -0.384. The number of anilines is 1. The second-order valence-electron chi connectivity index (χ2n) is 5.39. The molecule has 9 heteroatoms. The second kappa shape index (κ2) is 7.36. The highest BCUT2D eigenvalue weighted by atomic mass is 32.2. The van der Waals surface area contributed by atoms with Gasteiger partial charge in [0.05, 0.1) is 16.3 Å². The zero-order valence-electron chi connectivity index (χ0n) is 14.0. The van der Waals surface area contributed by atoms with Gasteiger partial charge < -0.3 is 5.32 Å². The summed E-state index contributed by atoms with van der Waals surface area (Å²) >= 11 is 1.61. The highest BCUT2D eigenvalue weighted by molar-refractivity contribution is 7.98. The van der Waals surface area contributed by atoms with Gasteiger partial charge in [-0.2, -0.15) is 0 Å². The van der Waals surface area contributed by atoms with Crippen molar-refractivity contribution < 1.29 is 9.72 Å². The van der Waals surface area contributed by atoms with E-state index < -0.39 is 10.8 Å². The lowest BCUT2D eigenvalue weighted by atomic mass is 10.2. The van der Waals surface area contributed by atoms with Crippen LogP contribution in [0.15, 0.2) is 53.4 Å². The number of hydrogen-bond donors (Lipinski definition) is 1. The van der Waals surface area contributed by atoms with E-state index >= 15 is 0 Å². The van der Waals surface area contributed by atoms with Crippen molar-refractivity contribution in [1.82, 2.24) is 15.0 Å². The van der Waals surface area contributed by atoms with Gasteiger partial charge in [0.15, 0.2) is 5.69 Å². The maximum absolute atomic E-state index is 12.5. The topological polar surface area (TPSA) is 103 Å². The molecule has 0 aliphatic rings. The molecular formula is C17H15N5O3S. The SMILES string of the molecule is CSc1ccc(NC(=O)c2nnn(-c3cccc([N+](=O)[O-])c3)c2C)cc1. The average molecular weight is 369 g/mol. The van der Waals surface area contributed by atoms with Crippen molar-refractivity contribution in [2.24, 2.45) is 0 Å². The molecule has 1 N–H and O–H groups in total. The number of thioether (sulfide) groups is 1. The Morgan fingerprint density at radius 3 is 2.62 bits per heavy atom. The van der Waals surface area contributed by atoms with Crippen LogP contribution >= 0.6 is 11.8 Å². The maximum Gasteiger partial charge on any atom is 0.278 e. The molecule has 0 fully saturated rings. The number of nitrogens with one attached hydrogen (secondary N) is 1. The molecule has 0 saturated carbocycles. The summed E-state index contributed by atoms with van der Waals surface area (Å²) in [6, 6.07) is 13.4. The van der Waals surface area contributed by atoms with Crippen molar-refractivity contribution in [3.8, 4) is 5.69 Å². The predicted molar refractivity (Wildman–Crippen MR) is 98.9 cm³/mol. The van der Waals surface area contributed by atoms with E-state index in [4.69, 9.17) is 0 Å². The van der Waals surface area contributed by atoms with Crippen LogP contribution < -0.4 is 5.32 Å². The van der Waals surface area contributed by atoms with E-state index in [2.05, 4.69) is 15.6 Å². The molecule has 3 rings (SSSR count). The monoisotopic (exact) mass is 369 g/mol. The quantitative estimate of drug-likeness (QED) is 0.420. The van der Waals surface area contributed by atoms with Gasteiger partial charge in [0, 0.05) is 22.7 Å². The van der Waals surface area contributed by atoms with Gasteiger partial charge in [0.1, 0.15) is 0 Å². The Morgan fingerprint density at radius 1 is 1.23 bits per heavy atom. The number of benzene rings is 2. The summed E-state index contributed by atoms with van der Waals surface area (Å²) in [5, 5.41) is 21.6. The van der Waals surface area contributed by atoms with Gasteiger partial charge >= 0.3 is 0 Å². The van der Waals surface area contributed by atoms with Crippen molar-refractivity contribution in [3.05, 3.63) is 70.0 Å². The smallest absolute Gasteiger partial charge is 0.278 e. The van der Waals surface area contributed by atoms with Crippen molar-refractivity contribution >= 4 is 29.0 Å². The molecule has 8 nitrogen and oxygen atoms in total. The lowest BCUT2D eigenvalue weighted by Crippen LogP contribution is -2.14. The molecule has 0 spiro atoms. The molecule has 132 valence electrons. The summed E-state index contributed by atoms with van der Waals surface area (Å²) < 4.78 is 1.40. The highest BCUT2D eigenvalue weighted by Crippen LogP contribution is 2.20. The molecule has 0 aliphatic carbocycles. The van der Waals surface area contributed by atoms with Crippen LogP contribution in [0, 0.1) is 17.0 Å². The Bertz CT molecular complexity index is 969. The normalized spacial score (nSPS) is 10.5. The number of amides is 1. The molecule has 0 unspecified atom stereocenters. The van der Waals surface area contributed by atoms with E-state index in [9.17, 15) is 14.9 Å². The third-order valence-electron chi connectivity index (χ3n) is 3.74. The van der Waals surface area contributed by atoms with Crippen molar-refractivity contribution in [3.63, 3.8) is 0 Å². The van der Waals surface area contributed by atoms with Crippen LogP contribution in [-0.2, 0) is 0 Å². The molecule has 0 radical (unpaired) electrons. The number of nitrogens with zero attached hydrogens (tertiary/aromatic N) is 4. The number of hydrogen-bond acceptors (Lipinski definition) is 6. The molecular weight excluding hydrogens is 354 g/mol. The van der Waals surface area contributed by atoms with E-state index in [1.54, 1.807) is 30.8 Å². The predicted octanol–water partition coefficient (Wildman–Crippen LogP) is 3.46. The van der Waals surface area contributed by atoms with Crippen LogP contribution in [0.5, 0.6) is 0 Å². The molecule has 0 bridgehead atoms. The third kappa shape index (κ3) is 3.57. The summed E-state index contributed by atoms with van der Waals surface area (Å²) in [7, 11) is 0. The van der Waals surface area contributed by atoms with Gasteiger partial charge in [-0.05, 0) is 43.5 Å². The van der Waals surface area contributed by atoms with E-state index in [1.807, 2.05) is 30.5 Å². The van der Waals surface area contributed by atoms with Crippen LogP contribution in [-0.4, -0.2) is 32.1 Å². The van der Waals surface area contributed by atoms with E-state index in [-0.39, 0.29) is 11.4 Å². The Kier molecular flexibility index (Phi) is 4.99. The minimum absolute atomic E-state index is 0.0581. The van der Waals surface area contributed by atoms with E-state index in [0.717, 1.165) is 4.90 Å². The zero-order chi connectivity index (χ0) is 18.7. The standard InChI is InChI=1S/C17H15N5O3S/c1-11-16(17(23)18-12-6-8-15(26-2)9-7-12)19-20-21(11)13-4-3-5-14(10-13)22(24)25/h3-10H,1-2H3,(H,18,23).